The maximum absolute atomic E-state index is 10.6. The van der Waals surface area contributed by atoms with Crippen molar-refractivity contribution in [2.24, 2.45) is 0 Å². The van der Waals surface area contributed by atoms with E-state index in [1.165, 1.54) is 22.2 Å². The number of ether oxygens (including phenoxy) is 1. The first-order chi connectivity index (χ1) is 16.1. The average Bonchev–Trinajstić information content (AvgIpc) is 3.49. The summed E-state index contributed by atoms with van der Waals surface area (Å²) in [6, 6.07) is 6.31. The second kappa shape index (κ2) is 7.99. The SMILES string of the molecule is COc1ccc2[nH]c3c(c2c1)CCNC31CCN(CCCn2c(O)c3c(c2O)CCCC3)C1. The van der Waals surface area contributed by atoms with Gasteiger partial charge in [0.1, 0.15) is 5.75 Å². The summed E-state index contributed by atoms with van der Waals surface area (Å²) in [6.07, 6.45) is 6.95. The quantitative estimate of drug-likeness (QED) is 0.479. The molecule has 1 fully saturated rings. The fourth-order valence-electron chi connectivity index (χ4n) is 6.45. The number of methoxy groups -OCH3 is 1. The third-order valence-corrected chi connectivity index (χ3v) is 8.15. The molecule has 6 rings (SSSR count). The number of aromatic hydroxyl groups is 2. The van der Waals surface area contributed by atoms with Crippen LogP contribution < -0.4 is 10.1 Å². The van der Waals surface area contributed by atoms with Gasteiger partial charge in [-0.3, -0.25) is 4.57 Å². The number of nitrogens with zero attached hydrogens (tertiary/aromatic N) is 2. The number of nitrogens with one attached hydrogen (secondary N) is 2. The third-order valence-electron chi connectivity index (χ3n) is 8.15. The molecule has 2 aromatic heterocycles. The summed E-state index contributed by atoms with van der Waals surface area (Å²) >= 11 is 0. The summed E-state index contributed by atoms with van der Waals surface area (Å²) < 4.78 is 7.19. The molecular formula is C26H34N4O3. The van der Waals surface area contributed by atoms with Gasteiger partial charge in [0.25, 0.3) is 0 Å². The minimum atomic E-state index is -0.0311. The van der Waals surface area contributed by atoms with E-state index in [1.54, 1.807) is 11.7 Å². The Morgan fingerprint density at radius 1 is 1.03 bits per heavy atom. The van der Waals surface area contributed by atoms with Gasteiger partial charge in [-0.05, 0) is 75.3 Å². The highest BCUT2D eigenvalue weighted by Gasteiger charge is 2.44. The Morgan fingerprint density at radius 2 is 1.82 bits per heavy atom. The molecule has 1 unspecified atom stereocenters. The number of fused-ring (bicyclic) bond motifs is 5. The summed E-state index contributed by atoms with van der Waals surface area (Å²) in [5.41, 5.74) is 5.85. The zero-order chi connectivity index (χ0) is 22.6. The Hall–Kier alpha value is -2.64. The van der Waals surface area contributed by atoms with E-state index in [0.29, 0.717) is 6.54 Å². The Morgan fingerprint density at radius 3 is 2.58 bits per heavy atom. The van der Waals surface area contributed by atoms with Gasteiger partial charge in [-0.15, -0.1) is 0 Å². The van der Waals surface area contributed by atoms with Crippen molar-refractivity contribution in [2.75, 3.05) is 33.3 Å². The molecule has 1 spiro atoms. The van der Waals surface area contributed by atoms with E-state index < -0.39 is 0 Å². The number of H-pyrrole nitrogens is 1. The van der Waals surface area contributed by atoms with Crippen LogP contribution in [0.5, 0.6) is 17.5 Å². The van der Waals surface area contributed by atoms with E-state index in [1.807, 2.05) is 6.07 Å². The molecule has 33 heavy (non-hydrogen) atoms. The summed E-state index contributed by atoms with van der Waals surface area (Å²) in [4.78, 5) is 6.25. The van der Waals surface area contributed by atoms with E-state index in [0.717, 1.165) is 88.0 Å². The van der Waals surface area contributed by atoms with E-state index >= 15 is 0 Å². The monoisotopic (exact) mass is 450 g/mol. The number of hydrogen-bond acceptors (Lipinski definition) is 5. The molecule has 1 aromatic carbocycles. The molecule has 0 radical (unpaired) electrons. The molecule has 176 valence electrons. The molecule has 4 heterocycles. The molecule has 7 nitrogen and oxygen atoms in total. The maximum atomic E-state index is 10.6. The standard InChI is InChI=1S/C26H34N4O3/c1-33-17-7-8-22-21(15-17)18-9-11-27-26(23(18)28-22)10-14-29(16-26)12-4-13-30-24(31)19-5-2-3-6-20(19)25(30)32/h7-8,15,27-28,31-32H,2-6,9-14,16H2,1H3. The van der Waals surface area contributed by atoms with E-state index in [2.05, 4.69) is 27.3 Å². The van der Waals surface area contributed by atoms with Crippen LogP contribution in [-0.2, 0) is 31.3 Å². The lowest BCUT2D eigenvalue weighted by Crippen LogP contribution is -2.49. The van der Waals surface area contributed by atoms with Crippen molar-refractivity contribution in [1.29, 1.82) is 0 Å². The molecular weight excluding hydrogens is 416 g/mol. The van der Waals surface area contributed by atoms with E-state index in [9.17, 15) is 10.2 Å². The Balaban J connectivity index is 1.17. The lowest BCUT2D eigenvalue weighted by molar-refractivity contribution is 0.261. The van der Waals surface area contributed by atoms with Crippen LogP contribution in [0.15, 0.2) is 18.2 Å². The molecule has 0 bridgehead atoms. The van der Waals surface area contributed by atoms with Gasteiger partial charge in [0, 0.05) is 53.9 Å². The summed E-state index contributed by atoms with van der Waals surface area (Å²) in [7, 11) is 1.72. The van der Waals surface area contributed by atoms with Crippen LogP contribution in [0, 0.1) is 0 Å². The fourth-order valence-corrected chi connectivity index (χ4v) is 6.45. The van der Waals surface area contributed by atoms with Crippen LogP contribution in [-0.4, -0.2) is 58.0 Å². The topological polar surface area (TPSA) is 85.7 Å². The van der Waals surface area contributed by atoms with Gasteiger partial charge in [-0.1, -0.05) is 0 Å². The second-order valence-corrected chi connectivity index (χ2v) is 9.99. The van der Waals surface area contributed by atoms with Crippen molar-refractivity contribution in [3.8, 4) is 17.5 Å². The van der Waals surface area contributed by atoms with Gasteiger partial charge in [0.15, 0.2) is 11.8 Å². The molecule has 3 aliphatic rings. The Bertz CT molecular complexity index is 1170. The first-order valence-corrected chi connectivity index (χ1v) is 12.4. The van der Waals surface area contributed by atoms with Crippen molar-refractivity contribution in [2.45, 2.75) is 57.0 Å². The summed E-state index contributed by atoms with van der Waals surface area (Å²) in [6.45, 7) is 4.62. The maximum Gasteiger partial charge on any atom is 0.197 e. The van der Waals surface area contributed by atoms with Crippen LogP contribution in [0.2, 0.25) is 0 Å². The van der Waals surface area contributed by atoms with Crippen LogP contribution in [0.1, 0.15) is 48.1 Å². The van der Waals surface area contributed by atoms with Gasteiger partial charge < -0.3 is 30.2 Å². The minimum Gasteiger partial charge on any atom is -0.497 e. The van der Waals surface area contributed by atoms with Crippen molar-refractivity contribution >= 4 is 10.9 Å². The number of benzene rings is 1. The lowest BCUT2D eigenvalue weighted by atomic mass is 9.86. The fraction of sp³-hybridized carbons (Fsp3) is 0.538. The number of hydrogen-bond donors (Lipinski definition) is 4. The predicted molar refractivity (Wildman–Crippen MR) is 128 cm³/mol. The minimum absolute atomic E-state index is 0.0311. The van der Waals surface area contributed by atoms with Crippen LogP contribution >= 0.6 is 0 Å². The van der Waals surface area contributed by atoms with Crippen molar-refractivity contribution < 1.29 is 14.9 Å². The third kappa shape index (κ3) is 3.32. The molecule has 1 saturated heterocycles. The number of aromatic amines is 1. The van der Waals surface area contributed by atoms with Gasteiger partial charge >= 0.3 is 0 Å². The molecule has 1 atom stereocenters. The van der Waals surface area contributed by atoms with Gasteiger partial charge in [-0.25, -0.2) is 0 Å². The lowest BCUT2D eigenvalue weighted by Gasteiger charge is -2.35. The average molecular weight is 451 g/mol. The Kier molecular flexibility index (Phi) is 5.07. The van der Waals surface area contributed by atoms with Gasteiger partial charge in [0.05, 0.1) is 12.6 Å². The number of likely N-dealkylation sites (tertiary alicyclic amines) is 1. The van der Waals surface area contributed by atoms with Crippen molar-refractivity contribution in [1.82, 2.24) is 19.8 Å². The van der Waals surface area contributed by atoms with Crippen molar-refractivity contribution in [3.05, 3.63) is 40.6 Å². The normalized spacial score (nSPS) is 22.7. The van der Waals surface area contributed by atoms with Crippen LogP contribution in [0.4, 0.5) is 0 Å². The van der Waals surface area contributed by atoms with E-state index in [4.69, 9.17) is 4.74 Å². The molecule has 7 heteroatoms. The highest BCUT2D eigenvalue weighted by molar-refractivity contribution is 5.87. The highest BCUT2D eigenvalue weighted by Crippen LogP contribution is 2.41. The second-order valence-electron chi connectivity index (χ2n) is 9.99. The summed E-state index contributed by atoms with van der Waals surface area (Å²) in [5, 5.41) is 26.4. The first kappa shape index (κ1) is 20.9. The predicted octanol–water partition coefficient (Wildman–Crippen LogP) is 3.41. The first-order valence-electron chi connectivity index (χ1n) is 12.4. The van der Waals surface area contributed by atoms with Gasteiger partial charge in [-0.2, -0.15) is 0 Å². The molecule has 0 amide bonds. The largest absolute Gasteiger partial charge is 0.497 e. The molecule has 1 aliphatic carbocycles. The zero-order valence-electron chi connectivity index (χ0n) is 19.4. The van der Waals surface area contributed by atoms with Crippen LogP contribution in [0.3, 0.4) is 0 Å². The smallest absolute Gasteiger partial charge is 0.197 e. The number of aromatic nitrogens is 2. The molecule has 4 N–H and O–H groups in total. The van der Waals surface area contributed by atoms with Crippen molar-refractivity contribution in [3.63, 3.8) is 0 Å². The summed E-state index contributed by atoms with van der Waals surface area (Å²) in [5.74, 6) is 1.47. The number of rotatable bonds is 5. The van der Waals surface area contributed by atoms with E-state index in [-0.39, 0.29) is 17.3 Å². The molecule has 3 aromatic rings. The Labute approximate surface area is 194 Å². The zero-order valence-corrected chi connectivity index (χ0v) is 19.4. The molecule has 2 aliphatic heterocycles. The van der Waals surface area contributed by atoms with Crippen LogP contribution in [0.25, 0.3) is 10.9 Å². The highest BCUT2D eigenvalue weighted by atomic mass is 16.5. The van der Waals surface area contributed by atoms with Gasteiger partial charge in [0.2, 0.25) is 0 Å². The molecule has 0 saturated carbocycles.